The van der Waals surface area contributed by atoms with E-state index in [9.17, 15) is 4.79 Å². The van der Waals surface area contributed by atoms with Crippen LogP contribution in [-0.2, 0) is 9.53 Å². The second-order valence-corrected chi connectivity index (χ2v) is 4.58. The minimum atomic E-state index is -0.604. The Labute approximate surface area is 115 Å². The molecule has 3 N–H and O–H groups in total. The molecule has 0 bridgehead atoms. The van der Waals surface area contributed by atoms with Crippen LogP contribution in [0.25, 0.3) is 0 Å². The molecule has 0 aliphatic heterocycles. The van der Waals surface area contributed by atoms with Crippen LogP contribution in [0.4, 0.5) is 0 Å². The summed E-state index contributed by atoms with van der Waals surface area (Å²) in [5.41, 5.74) is 6.12. The van der Waals surface area contributed by atoms with E-state index in [0.29, 0.717) is 24.5 Å². The Balaban J connectivity index is 2.97. The van der Waals surface area contributed by atoms with Crippen LogP contribution in [0, 0.1) is 0 Å². The highest BCUT2D eigenvalue weighted by Gasteiger charge is 2.21. The summed E-state index contributed by atoms with van der Waals surface area (Å²) >= 11 is 3.36. The second kappa shape index (κ2) is 7.35. The van der Waals surface area contributed by atoms with Gasteiger partial charge in [-0.15, -0.1) is 0 Å². The Morgan fingerprint density at radius 3 is 2.78 bits per heavy atom. The van der Waals surface area contributed by atoms with Gasteiger partial charge in [-0.25, -0.2) is 0 Å². The standard InChI is InChI=1S/C12H17BrN2O3/c1-17-6-5-15-11(12(14)16)9-7-8(13)3-4-10(9)18-2/h3-4,7,11,15H,5-6H2,1-2H3,(H2,14,16). The minimum absolute atomic E-state index is 0.456. The van der Waals surface area contributed by atoms with Crippen molar-refractivity contribution in [1.82, 2.24) is 5.32 Å². The summed E-state index contributed by atoms with van der Waals surface area (Å²) in [4.78, 5) is 11.5. The Bertz CT molecular complexity index is 412. The van der Waals surface area contributed by atoms with E-state index in [1.807, 2.05) is 12.1 Å². The van der Waals surface area contributed by atoms with E-state index in [1.165, 1.54) is 0 Å². The lowest BCUT2D eigenvalue weighted by Crippen LogP contribution is -2.35. The number of methoxy groups -OCH3 is 2. The number of hydrogen-bond acceptors (Lipinski definition) is 4. The number of primary amides is 1. The lowest BCUT2D eigenvalue weighted by molar-refractivity contribution is -0.120. The van der Waals surface area contributed by atoms with Crippen molar-refractivity contribution in [2.24, 2.45) is 5.73 Å². The molecular formula is C12H17BrN2O3. The van der Waals surface area contributed by atoms with Crippen LogP contribution in [0.15, 0.2) is 22.7 Å². The van der Waals surface area contributed by atoms with Crippen molar-refractivity contribution in [1.29, 1.82) is 0 Å². The van der Waals surface area contributed by atoms with E-state index in [1.54, 1.807) is 20.3 Å². The van der Waals surface area contributed by atoms with Gasteiger partial charge >= 0.3 is 0 Å². The van der Waals surface area contributed by atoms with Crippen LogP contribution in [0.2, 0.25) is 0 Å². The summed E-state index contributed by atoms with van der Waals surface area (Å²) in [6, 6.07) is 4.84. The molecular weight excluding hydrogens is 300 g/mol. The normalized spacial score (nSPS) is 12.2. The van der Waals surface area contributed by atoms with Gasteiger partial charge in [0, 0.05) is 23.7 Å². The highest BCUT2D eigenvalue weighted by Crippen LogP contribution is 2.28. The zero-order chi connectivity index (χ0) is 13.5. The first-order valence-electron chi connectivity index (χ1n) is 5.45. The van der Waals surface area contributed by atoms with Gasteiger partial charge in [0.2, 0.25) is 5.91 Å². The molecule has 1 atom stereocenters. The number of halogens is 1. The summed E-state index contributed by atoms with van der Waals surface area (Å²) in [5, 5.41) is 3.04. The number of rotatable bonds is 7. The fourth-order valence-corrected chi connectivity index (χ4v) is 1.98. The molecule has 100 valence electrons. The SMILES string of the molecule is COCCNC(C(N)=O)c1cc(Br)ccc1OC. The predicted octanol–water partition coefficient (Wildman–Crippen LogP) is 1.22. The molecule has 1 aromatic rings. The van der Waals surface area contributed by atoms with Crippen LogP contribution in [0.1, 0.15) is 11.6 Å². The lowest BCUT2D eigenvalue weighted by atomic mass is 10.1. The molecule has 0 spiro atoms. The molecule has 0 aliphatic rings. The number of benzene rings is 1. The van der Waals surface area contributed by atoms with Crippen molar-refractivity contribution in [3.63, 3.8) is 0 Å². The monoisotopic (exact) mass is 316 g/mol. The average Bonchev–Trinajstić information content (AvgIpc) is 2.34. The number of amides is 1. The molecule has 0 heterocycles. The number of nitrogens with one attached hydrogen (secondary N) is 1. The Hall–Kier alpha value is -1.11. The fourth-order valence-electron chi connectivity index (χ4n) is 1.60. The van der Waals surface area contributed by atoms with Gasteiger partial charge in [-0.05, 0) is 18.2 Å². The molecule has 1 amide bonds. The van der Waals surface area contributed by atoms with Crippen LogP contribution >= 0.6 is 15.9 Å². The number of ether oxygens (including phenoxy) is 2. The van der Waals surface area contributed by atoms with Crippen LogP contribution < -0.4 is 15.8 Å². The molecule has 0 saturated carbocycles. The molecule has 1 rings (SSSR count). The fraction of sp³-hybridized carbons (Fsp3) is 0.417. The minimum Gasteiger partial charge on any atom is -0.496 e. The van der Waals surface area contributed by atoms with Crippen molar-refractivity contribution < 1.29 is 14.3 Å². The first-order chi connectivity index (χ1) is 8.60. The van der Waals surface area contributed by atoms with Gasteiger partial charge in [-0.3, -0.25) is 10.1 Å². The highest BCUT2D eigenvalue weighted by atomic mass is 79.9. The zero-order valence-electron chi connectivity index (χ0n) is 10.4. The van der Waals surface area contributed by atoms with E-state index < -0.39 is 11.9 Å². The van der Waals surface area contributed by atoms with Gasteiger partial charge in [-0.2, -0.15) is 0 Å². The maximum Gasteiger partial charge on any atom is 0.239 e. The third-order valence-corrected chi connectivity index (χ3v) is 2.94. The number of carbonyl (C=O) groups excluding carboxylic acids is 1. The lowest BCUT2D eigenvalue weighted by Gasteiger charge is -2.18. The van der Waals surface area contributed by atoms with Crippen LogP contribution in [0.3, 0.4) is 0 Å². The molecule has 0 aromatic heterocycles. The topological polar surface area (TPSA) is 73.6 Å². The number of hydrogen-bond donors (Lipinski definition) is 2. The Kier molecular flexibility index (Phi) is 6.11. The summed E-state index contributed by atoms with van der Waals surface area (Å²) in [5.74, 6) is 0.161. The summed E-state index contributed by atoms with van der Waals surface area (Å²) in [7, 11) is 3.15. The number of carbonyl (C=O) groups is 1. The molecule has 0 saturated heterocycles. The summed E-state index contributed by atoms with van der Waals surface area (Å²) in [6.07, 6.45) is 0. The van der Waals surface area contributed by atoms with Crippen molar-refractivity contribution >= 4 is 21.8 Å². The van der Waals surface area contributed by atoms with Crippen molar-refractivity contribution in [2.75, 3.05) is 27.4 Å². The smallest absolute Gasteiger partial charge is 0.239 e. The Morgan fingerprint density at radius 2 is 2.22 bits per heavy atom. The highest BCUT2D eigenvalue weighted by molar-refractivity contribution is 9.10. The first kappa shape index (κ1) is 14.9. The van der Waals surface area contributed by atoms with E-state index in [-0.39, 0.29) is 0 Å². The van der Waals surface area contributed by atoms with E-state index in [0.717, 1.165) is 4.47 Å². The van der Waals surface area contributed by atoms with Crippen molar-refractivity contribution in [3.05, 3.63) is 28.2 Å². The number of nitrogens with two attached hydrogens (primary N) is 1. The average molecular weight is 317 g/mol. The Morgan fingerprint density at radius 1 is 1.50 bits per heavy atom. The first-order valence-corrected chi connectivity index (χ1v) is 6.24. The third-order valence-electron chi connectivity index (χ3n) is 2.44. The van der Waals surface area contributed by atoms with Crippen molar-refractivity contribution in [3.8, 4) is 5.75 Å². The summed E-state index contributed by atoms with van der Waals surface area (Å²) < 4.78 is 11.0. The van der Waals surface area contributed by atoms with E-state index in [4.69, 9.17) is 15.2 Å². The molecule has 5 nitrogen and oxygen atoms in total. The van der Waals surface area contributed by atoms with E-state index in [2.05, 4.69) is 21.2 Å². The molecule has 0 radical (unpaired) electrons. The van der Waals surface area contributed by atoms with Crippen LogP contribution in [-0.4, -0.2) is 33.3 Å². The van der Waals surface area contributed by atoms with Gasteiger partial charge in [0.1, 0.15) is 11.8 Å². The molecule has 1 unspecified atom stereocenters. The maximum absolute atomic E-state index is 11.5. The maximum atomic E-state index is 11.5. The van der Waals surface area contributed by atoms with Crippen LogP contribution in [0.5, 0.6) is 5.75 Å². The molecule has 18 heavy (non-hydrogen) atoms. The van der Waals surface area contributed by atoms with Crippen molar-refractivity contribution in [2.45, 2.75) is 6.04 Å². The third kappa shape index (κ3) is 3.97. The van der Waals surface area contributed by atoms with Gasteiger partial charge in [0.05, 0.1) is 13.7 Å². The van der Waals surface area contributed by atoms with Gasteiger partial charge in [0.25, 0.3) is 0 Å². The predicted molar refractivity (Wildman–Crippen MR) is 72.5 cm³/mol. The molecule has 0 fully saturated rings. The van der Waals surface area contributed by atoms with E-state index >= 15 is 0 Å². The van der Waals surface area contributed by atoms with Gasteiger partial charge < -0.3 is 15.2 Å². The molecule has 1 aromatic carbocycles. The summed E-state index contributed by atoms with van der Waals surface area (Å²) in [6.45, 7) is 1.03. The van der Waals surface area contributed by atoms with Gasteiger partial charge in [0.15, 0.2) is 0 Å². The molecule has 0 aliphatic carbocycles. The largest absolute Gasteiger partial charge is 0.496 e. The second-order valence-electron chi connectivity index (χ2n) is 3.67. The molecule has 6 heteroatoms. The quantitative estimate of drug-likeness (QED) is 0.742. The zero-order valence-corrected chi connectivity index (χ0v) is 12.0. The van der Waals surface area contributed by atoms with Gasteiger partial charge in [-0.1, -0.05) is 15.9 Å².